The average Bonchev–Trinajstić information content (AvgIpc) is 2.89. The van der Waals surface area contributed by atoms with Gasteiger partial charge < -0.3 is 25.8 Å². The molecule has 1 saturated heterocycles. The second-order valence-electron chi connectivity index (χ2n) is 9.31. The van der Waals surface area contributed by atoms with Crippen LogP contribution in [0.25, 0.3) is 11.3 Å². The van der Waals surface area contributed by atoms with E-state index in [-0.39, 0.29) is 6.04 Å². The van der Waals surface area contributed by atoms with Crippen molar-refractivity contribution in [3.63, 3.8) is 0 Å². The number of aromatic nitrogens is 2. The largest absolute Gasteiger partial charge is 0.449 e. The Balaban J connectivity index is 1.39. The zero-order valence-corrected chi connectivity index (χ0v) is 20.4. The van der Waals surface area contributed by atoms with E-state index in [0.717, 1.165) is 42.8 Å². The fourth-order valence-electron chi connectivity index (χ4n) is 4.63. The molecule has 2 fully saturated rings. The van der Waals surface area contributed by atoms with Crippen molar-refractivity contribution in [3.05, 3.63) is 35.5 Å². The van der Waals surface area contributed by atoms with Crippen LogP contribution in [0.15, 0.2) is 30.5 Å². The molecule has 2 aromatic heterocycles. The van der Waals surface area contributed by atoms with E-state index in [1.54, 1.807) is 6.20 Å². The monoisotopic (exact) mass is 498 g/mol. The standard InChI is InChI=1S/C25H31ClN6O3/c26-20-13-29-23(31-18-6-4-17(5-7-18)14-35-24(28)33)12-19(20)21-2-1-3-22(32-21)30-16-25(15-27)8-10-34-11-9-25/h1-3,12-13,17-18H,4-11,14,16H2,(H2,28,33)(H,29,31)(H,30,32). The molecule has 4 N–H and O–H groups in total. The summed E-state index contributed by atoms with van der Waals surface area (Å²) in [6.07, 6.45) is 6.16. The molecule has 1 aliphatic carbocycles. The number of ether oxygens (including phenoxy) is 2. The Morgan fingerprint density at radius 2 is 2.03 bits per heavy atom. The van der Waals surface area contributed by atoms with Crippen LogP contribution >= 0.6 is 11.6 Å². The highest BCUT2D eigenvalue weighted by atomic mass is 35.5. The predicted octanol–water partition coefficient (Wildman–Crippen LogP) is 4.60. The van der Waals surface area contributed by atoms with Gasteiger partial charge >= 0.3 is 6.09 Å². The minimum absolute atomic E-state index is 0.281. The van der Waals surface area contributed by atoms with Gasteiger partial charge in [-0.15, -0.1) is 0 Å². The van der Waals surface area contributed by atoms with Crippen molar-refractivity contribution in [3.8, 4) is 17.3 Å². The molecular weight excluding hydrogens is 468 g/mol. The van der Waals surface area contributed by atoms with Gasteiger partial charge in [0, 0.05) is 37.6 Å². The Hall–Kier alpha value is -3.09. The number of hydrogen-bond donors (Lipinski definition) is 3. The van der Waals surface area contributed by atoms with Crippen LogP contribution in [-0.2, 0) is 9.47 Å². The second kappa shape index (κ2) is 11.6. The number of nitrogens with zero attached hydrogens (tertiary/aromatic N) is 3. The molecule has 4 rings (SSSR count). The van der Waals surface area contributed by atoms with Gasteiger partial charge in [0.1, 0.15) is 11.6 Å². The quantitative estimate of drug-likeness (QED) is 0.480. The Bertz CT molecular complexity index is 1060. The molecule has 0 aromatic carbocycles. The van der Waals surface area contributed by atoms with Crippen LogP contribution in [0.4, 0.5) is 16.4 Å². The molecule has 0 atom stereocenters. The number of halogens is 1. The maximum Gasteiger partial charge on any atom is 0.404 e. The molecule has 2 aromatic rings. The highest BCUT2D eigenvalue weighted by Crippen LogP contribution is 2.32. The van der Waals surface area contributed by atoms with Gasteiger partial charge in [-0.2, -0.15) is 5.26 Å². The molecule has 10 heteroatoms. The number of nitrogens with two attached hydrogens (primary N) is 1. The van der Waals surface area contributed by atoms with E-state index in [2.05, 4.69) is 21.7 Å². The van der Waals surface area contributed by atoms with Crippen molar-refractivity contribution in [2.45, 2.75) is 44.6 Å². The summed E-state index contributed by atoms with van der Waals surface area (Å²) in [5.74, 6) is 1.78. The number of pyridine rings is 2. The second-order valence-corrected chi connectivity index (χ2v) is 9.71. The third-order valence-electron chi connectivity index (χ3n) is 6.84. The fourth-order valence-corrected chi connectivity index (χ4v) is 4.83. The number of hydrogen-bond acceptors (Lipinski definition) is 8. The van der Waals surface area contributed by atoms with Crippen LogP contribution in [0.1, 0.15) is 38.5 Å². The van der Waals surface area contributed by atoms with Gasteiger partial charge in [-0.25, -0.2) is 14.8 Å². The molecule has 0 radical (unpaired) electrons. The van der Waals surface area contributed by atoms with Crippen LogP contribution in [0.5, 0.6) is 0 Å². The van der Waals surface area contributed by atoms with Crippen LogP contribution in [0, 0.1) is 22.7 Å². The van der Waals surface area contributed by atoms with Gasteiger partial charge in [-0.1, -0.05) is 17.7 Å². The molecule has 1 amide bonds. The molecular formula is C25H31ClN6O3. The van der Waals surface area contributed by atoms with E-state index in [1.165, 1.54) is 0 Å². The first-order valence-corrected chi connectivity index (χ1v) is 12.4. The van der Waals surface area contributed by atoms with Gasteiger partial charge in [-0.3, -0.25) is 0 Å². The summed E-state index contributed by atoms with van der Waals surface area (Å²) in [4.78, 5) is 20.0. The lowest BCUT2D eigenvalue weighted by atomic mass is 9.82. The maximum absolute atomic E-state index is 10.8. The van der Waals surface area contributed by atoms with Gasteiger partial charge in [0.25, 0.3) is 0 Å². The molecule has 9 nitrogen and oxygen atoms in total. The summed E-state index contributed by atoms with van der Waals surface area (Å²) < 4.78 is 10.4. The van der Waals surface area contributed by atoms with Crippen LogP contribution in [0.3, 0.4) is 0 Å². The van der Waals surface area contributed by atoms with Crippen LogP contribution in [-0.4, -0.2) is 48.5 Å². The van der Waals surface area contributed by atoms with E-state index in [9.17, 15) is 10.1 Å². The van der Waals surface area contributed by atoms with Crippen molar-refractivity contribution in [1.29, 1.82) is 5.26 Å². The summed E-state index contributed by atoms with van der Waals surface area (Å²) in [5, 5.41) is 17.1. The number of amides is 1. The van der Waals surface area contributed by atoms with Crippen molar-refractivity contribution in [2.24, 2.45) is 17.1 Å². The lowest BCUT2D eigenvalue weighted by Crippen LogP contribution is -2.34. The van der Waals surface area contributed by atoms with Gasteiger partial charge in [0.15, 0.2) is 0 Å². The minimum Gasteiger partial charge on any atom is -0.449 e. The smallest absolute Gasteiger partial charge is 0.404 e. The molecule has 1 saturated carbocycles. The van der Waals surface area contributed by atoms with E-state index < -0.39 is 11.5 Å². The third-order valence-corrected chi connectivity index (χ3v) is 7.14. The molecule has 0 unspecified atom stereocenters. The number of rotatable bonds is 8. The molecule has 0 bridgehead atoms. The predicted molar refractivity (Wildman–Crippen MR) is 134 cm³/mol. The number of carbonyl (C=O) groups excluding carboxylic acids is 1. The van der Waals surface area contributed by atoms with E-state index in [0.29, 0.717) is 56.0 Å². The molecule has 3 heterocycles. The molecule has 1 aliphatic heterocycles. The fraction of sp³-hybridized carbons (Fsp3) is 0.520. The summed E-state index contributed by atoms with van der Waals surface area (Å²) in [5.41, 5.74) is 6.15. The zero-order chi connectivity index (χ0) is 24.7. The summed E-state index contributed by atoms with van der Waals surface area (Å²) in [7, 11) is 0. The molecule has 35 heavy (non-hydrogen) atoms. The van der Waals surface area contributed by atoms with E-state index in [4.69, 9.17) is 31.8 Å². The summed E-state index contributed by atoms with van der Waals surface area (Å²) in [6, 6.07) is 10.4. The lowest BCUT2D eigenvalue weighted by molar-refractivity contribution is 0.0455. The van der Waals surface area contributed by atoms with E-state index in [1.807, 2.05) is 24.3 Å². The number of primary amides is 1. The molecule has 2 aliphatic rings. The van der Waals surface area contributed by atoms with Crippen LogP contribution < -0.4 is 16.4 Å². The Labute approximate surface area is 210 Å². The van der Waals surface area contributed by atoms with Gasteiger partial charge in [0.05, 0.1) is 28.8 Å². The Morgan fingerprint density at radius 1 is 1.26 bits per heavy atom. The van der Waals surface area contributed by atoms with Crippen molar-refractivity contribution < 1.29 is 14.3 Å². The minimum atomic E-state index is -0.718. The summed E-state index contributed by atoms with van der Waals surface area (Å²) >= 11 is 6.49. The lowest BCUT2D eigenvalue weighted by Gasteiger charge is -2.30. The molecule has 186 valence electrons. The Kier molecular flexibility index (Phi) is 8.26. The van der Waals surface area contributed by atoms with Crippen LogP contribution in [0.2, 0.25) is 5.02 Å². The first-order valence-electron chi connectivity index (χ1n) is 12.0. The maximum atomic E-state index is 10.8. The first-order chi connectivity index (χ1) is 17.0. The van der Waals surface area contributed by atoms with Gasteiger partial charge in [-0.05, 0) is 62.6 Å². The number of carbonyl (C=O) groups is 1. The normalized spacial score (nSPS) is 21.5. The van der Waals surface area contributed by atoms with Crippen molar-refractivity contribution in [2.75, 3.05) is 37.0 Å². The first kappa shape index (κ1) is 25.0. The third kappa shape index (κ3) is 6.74. The Morgan fingerprint density at radius 3 is 2.74 bits per heavy atom. The highest BCUT2D eigenvalue weighted by Gasteiger charge is 2.32. The number of nitriles is 1. The highest BCUT2D eigenvalue weighted by molar-refractivity contribution is 6.33. The number of nitrogens with one attached hydrogen (secondary N) is 2. The summed E-state index contributed by atoms with van der Waals surface area (Å²) in [6.45, 7) is 2.11. The van der Waals surface area contributed by atoms with E-state index >= 15 is 0 Å². The van der Waals surface area contributed by atoms with Gasteiger partial charge in [0.2, 0.25) is 0 Å². The topological polar surface area (TPSA) is 135 Å². The average molecular weight is 499 g/mol. The SMILES string of the molecule is N#CC1(CNc2cccc(-c3cc(NC4CCC(COC(N)=O)CC4)ncc3Cl)n2)CCOCC1. The number of anilines is 2. The zero-order valence-electron chi connectivity index (χ0n) is 19.6. The molecule has 0 spiro atoms. The van der Waals surface area contributed by atoms with Crippen molar-refractivity contribution >= 4 is 29.3 Å². The van der Waals surface area contributed by atoms with Crippen molar-refractivity contribution in [1.82, 2.24) is 9.97 Å².